The molecular formula is C27H16ClN3O. The van der Waals surface area contributed by atoms with Crippen LogP contribution in [0.1, 0.15) is 0 Å². The Labute approximate surface area is 189 Å². The summed E-state index contributed by atoms with van der Waals surface area (Å²) in [6.45, 7) is 0. The van der Waals surface area contributed by atoms with Gasteiger partial charge in [0.25, 0.3) is 0 Å². The number of para-hydroxylation sites is 1. The van der Waals surface area contributed by atoms with E-state index in [4.69, 9.17) is 31.0 Å². The molecule has 0 aliphatic rings. The zero-order chi connectivity index (χ0) is 21.5. The summed E-state index contributed by atoms with van der Waals surface area (Å²) in [6.07, 6.45) is 0. The van der Waals surface area contributed by atoms with Gasteiger partial charge in [-0.05, 0) is 18.2 Å². The normalized spacial score (nSPS) is 11.3. The molecule has 152 valence electrons. The minimum Gasteiger partial charge on any atom is -0.455 e. The quantitative estimate of drug-likeness (QED) is 0.291. The molecule has 6 rings (SSSR count). The number of halogens is 1. The summed E-state index contributed by atoms with van der Waals surface area (Å²) in [5.41, 5.74) is 3.94. The summed E-state index contributed by atoms with van der Waals surface area (Å²) in [6, 6.07) is 31.5. The van der Waals surface area contributed by atoms with Gasteiger partial charge in [-0.3, -0.25) is 0 Å². The second-order valence-electron chi connectivity index (χ2n) is 7.44. The van der Waals surface area contributed by atoms with Crippen molar-refractivity contribution >= 4 is 33.5 Å². The fourth-order valence-electron chi connectivity index (χ4n) is 3.89. The maximum atomic E-state index is 6.70. The number of benzene rings is 4. The number of furan rings is 1. The Kier molecular flexibility index (Phi) is 4.44. The molecular weight excluding hydrogens is 418 g/mol. The first kappa shape index (κ1) is 18.7. The SMILES string of the molecule is Clc1ccc2c(oc3ccccc32)c1-c1nc(-c2ccccc2)nc(-c2ccccc2)n1. The molecule has 0 aliphatic carbocycles. The van der Waals surface area contributed by atoms with Crippen LogP contribution in [0.25, 0.3) is 56.1 Å². The predicted molar refractivity (Wildman–Crippen MR) is 128 cm³/mol. The van der Waals surface area contributed by atoms with Crippen LogP contribution in [-0.2, 0) is 0 Å². The Morgan fingerprint density at radius 2 is 1.09 bits per heavy atom. The summed E-state index contributed by atoms with van der Waals surface area (Å²) >= 11 is 6.70. The zero-order valence-electron chi connectivity index (χ0n) is 16.9. The lowest BCUT2D eigenvalue weighted by Gasteiger charge is -2.09. The Bertz CT molecular complexity index is 1520. The molecule has 6 aromatic rings. The van der Waals surface area contributed by atoms with E-state index in [1.54, 1.807) is 0 Å². The number of fused-ring (bicyclic) bond motifs is 3. The van der Waals surface area contributed by atoms with Crippen LogP contribution in [0, 0.1) is 0 Å². The maximum Gasteiger partial charge on any atom is 0.169 e. The standard InChI is InChI=1S/C27H16ClN3O/c28-21-16-15-20-19-13-7-8-14-22(19)32-24(20)23(21)27-30-25(17-9-3-1-4-10-17)29-26(31-27)18-11-5-2-6-12-18/h1-16H. The van der Waals surface area contributed by atoms with Gasteiger partial charge in [0.15, 0.2) is 17.5 Å². The molecule has 0 spiro atoms. The molecule has 0 bridgehead atoms. The lowest BCUT2D eigenvalue weighted by molar-refractivity contribution is 0.669. The summed E-state index contributed by atoms with van der Waals surface area (Å²) < 4.78 is 6.23. The van der Waals surface area contributed by atoms with E-state index < -0.39 is 0 Å². The van der Waals surface area contributed by atoms with Crippen molar-refractivity contribution in [3.05, 3.63) is 102 Å². The summed E-state index contributed by atoms with van der Waals surface area (Å²) in [7, 11) is 0. The Balaban J connectivity index is 1.67. The van der Waals surface area contributed by atoms with Crippen LogP contribution in [0.3, 0.4) is 0 Å². The van der Waals surface area contributed by atoms with Crippen molar-refractivity contribution in [1.29, 1.82) is 0 Å². The third kappa shape index (κ3) is 3.13. The molecule has 0 amide bonds. The van der Waals surface area contributed by atoms with Crippen LogP contribution in [0.2, 0.25) is 5.02 Å². The number of nitrogens with zero attached hydrogens (tertiary/aromatic N) is 3. The number of rotatable bonds is 3. The molecule has 0 radical (unpaired) electrons. The molecule has 0 fully saturated rings. The molecule has 0 aliphatic heterocycles. The molecule has 0 N–H and O–H groups in total. The third-order valence-electron chi connectivity index (χ3n) is 5.42. The van der Waals surface area contributed by atoms with Crippen molar-refractivity contribution < 1.29 is 4.42 Å². The molecule has 4 aromatic carbocycles. The minimum atomic E-state index is 0.479. The first-order chi connectivity index (χ1) is 15.8. The van der Waals surface area contributed by atoms with Crippen molar-refractivity contribution in [1.82, 2.24) is 15.0 Å². The molecule has 2 heterocycles. The third-order valence-corrected chi connectivity index (χ3v) is 5.73. The van der Waals surface area contributed by atoms with Crippen LogP contribution >= 0.6 is 11.6 Å². The highest BCUT2D eigenvalue weighted by Gasteiger charge is 2.20. The lowest BCUT2D eigenvalue weighted by Crippen LogP contribution is -2.00. The fourth-order valence-corrected chi connectivity index (χ4v) is 4.13. The molecule has 5 heteroatoms. The first-order valence-electron chi connectivity index (χ1n) is 10.2. The van der Waals surface area contributed by atoms with E-state index >= 15 is 0 Å². The van der Waals surface area contributed by atoms with E-state index in [1.807, 2.05) is 97.1 Å². The Hall–Kier alpha value is -4.02. The second-order valence-corrected chi connectivity index (χ2v) is 7.84. The maximum absolute atomic E-state index is 6.70. The molecule has 0 unspecified atom stereocenters. The highest BCUT2D eigenvalue weighted by Crippen LogP contribution is 2.39. The topological polar surface area (TPSA) is 51.8 Å². The molecule has 32 heavy (non-hydrogen) atoms. The Morgan fingerprint density at radius 1 is 0.531 bits per heavy atom. The number of aromatic nitrogens is 3. The average molecular weight is 434 g/mol. The lowest BCUT2D eigenvalue weighted by atomic mass is 10.1. The fraction of sp³-hybridized carbons (Fsp3) is 0. The van der Waals surface area contributed by atoms with Crippen LogP contribution < -0.4 is 0 Å². The van der Waals surface area contributed by atoms with Crippen molar-refractivity contribution in [2.45, 2.75) is 0 Å². The van der Waals surface area contributed by atoms with Gasteiger partial charge in [-0.25, -0.2) is 15.0 Å². The van der Waals surface area contributed by atoms with Crippen molar-refractivity contribution in [3.63, 3.8) is 0 Å². The van der Waals surface area contributed by atoms with E-state index in [0.717, 1.165) is 27.5 Å². The number of hydrogen-bond acceptors (Lipinski definition) is 4. The molecule has 2 aromatic heterocycles. The first-order valence-corrected chi connectivity index (χ1v) is 10.6. The minimum absolute atomic E-state index is 0.479. The van der Waals surface area contributed by atoms with E-state index in [9.17, 15) is 0 Å². The van der Waals surface area contributed by atoms with Crippen molar-refractivity contribution in [2.75, 3.05) is 0 Å². The van der Waals surface area contributed by atoms with Crippen LogP contribution in [-0.4, -0.2) is 15.0 Å². The highest BCUT2D eigenvalue weighted by molar-refractivity contribution is 6.35. The van der Waals surface area contributed by atoms with Crippen LogP contribution in [0.5, 0.6) is 0 Å². The van der Waals surface area contributed by atoms with Gasteiger partial charge in [0, 0.05) is 21.9 Å². The van der Waals surface area contributed by atoms with Gasteiger partial charge >= 0.3 is 0 Å². The largest absolute Gasteiger partial charge is 0.455 e. The van der Waals surface area contributed by atoms with E-state index in [2.05, 4.69) is 0 Å². The van der Waals surface area contributed by atoms with Crippen molar-refractivity contribution in [3.8, 4) is 34.2 Å². The van der Waals surface area contributed by atoms with Crippen LogP contribution in [0.4, 0.5) is 0 Å². The van der Waals surface area contributed by atoms with E-state index in [-0.39, 0.29) is 0 Å². The number of hydrogen-bond donors (Lipinski definition) is 0. The second kappa shape index (κ2) is 7.59. The zero-order valence-corrected chi connectivity index (χ0v) is 17.6. The van der Waals surface area contributed by atoms with Gasteiger partial charge in [0.05, 0.1) is 10.6 Å². The summed E-state index contributed by atoms with van der Waals surface area (Å²) in [5, 5.41) is 2.53. The Morgan fingerprint density at radius 3 is 1.75 bits per heavy atom. The predicted octanol–water partition coefficient (Wildman–Crippen LogP) is 7.43. The molecule has 0 atom stereocenters. The van der Waals surface area contributed by atoms with Gasteiger partial charge < -0.3 is 4.42 Å². The van der Waals surface area contributed by atoms with Gasteiger partial charge in [0.1, 0.15) is 11.2 Å². The average Bonchev–Trinajstić information content (AvgIpc) is 3.23. The van der Waals surface area contributed by atoms with Crippen LogP contribution in [0.15, 0.2) is 101 Å². The van der Waals surface area contributed by atoms with Gasteiger partial charge in [-0.15, -0.1) is 0 Å². The molecule has 4 nitrogen and oxygen atoms in total. The van der Waals surface area contributed by atoms with E-state index in [0.29, 0.717) is 33.6 Å². The van der Waals surface area contributed by atoms with Gasteiger partial charge in [-0.2, -0.15) is 0 Å². The van der Waals surface area contributed by atoms with Gasteiger partial charge in [0.2, 0.25) is 0 Å². The summed E-state index contributed by atoms with van der Waals surface area (Å²) in [4.78, 5) is 14.4. The van der Waals surface area contributed by atoms with Gasteiger partial charge in [-0.1, -0.05) is 90.5 Å². The molecule has 0 saturated heterocycles. The smallest absolute Gasteiger partial charge is 0.169 e. The monoisotopic (exact) mass is 433 g/mol. The summed E-state index contributed by atoms with van der Waals surface area (Å²) in [5.74, 6) is 1.64. The van der Waals surface area contributed by atoms with E-state index in [1.165, 1.54) is 0 Å². The van der Waals surface area contributed by atoms with Crippen molar-refractivity contribution in [2.24, 2.45) is 0 Å². The highest BCUT2D eigenvalue weighted by atomic mass is 35.5. The molecule has 0 saturated carbocycles.